The van der Waals surface area contributed by atoms with E-state index in [0.717, 1.165) is 32.7 Å². The van der Waals surface area contributed by atoms with Crippen LogP contribution in [0.5, 0.6) is 0 Å². The molecule has 9 rings (SSSR count). The average molecular weight is 554 g/mol. The zero-order chi connectivity index (χ0) is 34.4. The SMILES string of the molecule is [2H]c1cc2c(-c3ccc(-c4ccccc4)c4ccccc34)c3c([2H])c([2H])c([2H])c([2H])c3c(-c3ccc4oc5ccccc5c4c3)c2c([2H])c1[2H]. The van der Waals surface area contributed by atoms with Crippen molar-refractivity contribution in [2.75, 3.05) is 0 Å². The minimum atomic E-state index is -0.386. The summed E-state index contributed by atoms with van der Waals surface area (Å²) in [7, 11) is 0. The molecule has 200 valence electrons. The number of hydrogen-bond acceptors (Lipinski definition) is 1. The molecule has 0 spiro atoms. The molecule has 1 heterocycles. The molecular weight excluding hydrogens is 520 g/mol. The van der Waals surface area contributed by atoms with Crippen LogP contribution in [0.25, 0.3) is 87.6 Å². The minimum absolute atomic E-state index is 0.142. The predicted octanol–water partition coefficient (Wildman–Crippen LogP) is 12.0. The second kappa shape index (κ2) is 9.44. The standard InChI is InChI=1S/C42H26O/c1-2-12-27(13-3-1)29-23-24-37(31-15-5-4-14-30(29)31)42-35-19-8-6-17-33(35)41(34-18-7-9-20-36(34)42)28-22-25-40-38(26-28)32-16-10-11-21-39(32)43-40/h1-26H/i6D,7D,8D,9D,17D,18D,19D. The molecule has 0 aliphatic rings. The van der Waals surface area contributed by atoms with E-state index in [1.807, 2.05) is 109 Å². The van der Waals surface area contributed by atoms with Gasteiger partial charge in [0, 0.05) is 10.8 Å². The molecule has 43 heavy (non-hydrogen) atoms. The Hall–Kier alpha value is -5.66. The van der Waals surface area contributed by atoms with E-state index in [1.165, 1.54) is 0 Å². The number of fused-ring (bicyclic) bond motifs is 6. The lowest BCUT2D eigenvalue weighted by atomic mass is 9.83. The summed E-state index contributed by atoms with van der Waals surface area (Å²) in [5.74, 6) is 0. The van der Waals surface area contributed by atoms with E-state index in [1.54, 1.807) is 6.07 Å². The summed E-state index contributed by atoms with van der Waals surface area (Å²) in [5.41, 5.74) is 5.66. The van der Waals surface area contributed by atoms with Gasteiger partial charge in [-0.2, -0.15) is 0 Å². The van der Waals surface area contributed by atoms with Crippen LogP contribution in [0, 0.1) is 0 Å². The first kappa shape index (κ1) is 18.0. The number of benzene rings is 8. The zero-order valence-electron chi connectivity index (χ0n) is 29.9. The summed E-state index contributed by atoms with van der Waals surface area (Å²) in [4.78, 5) is 0. The van der Waals surface area contributed by atoms with Crippen LogP contribution >= 0.6 is 0 Å². The van der Waals surface area contributed by atoms with E-state index in [-0.39, 0.29) is 47.7 Å². The molecule has 0 amide bonds. The molecule has 0 atom stereocenters. The molecule has 8 aromatic carbocycles. The van der Waals surface area contributed by atoms with E-state index in [0.29, 0.717) is 49.6 Å². The normalized spacial score (nSPS) is 14.0. The summed E-state index contributed by atoms with van der Waals surface area (Å²) >= 11 is 0. The van der Waals surface area contributed by atoms with Crippen LogP contribution in [-0.4, -0.2) is 0 Å². The fourth-order valence-corrected chi connectivity index (χ4v) is 6.52. The van der Waals surface area contributed by atoms with E-state index < -0.39 is 0 Å². The molecule has 0 saturated carbocycles. The van der Waals surface area contributed by atoms with Crippen molar-refractivity contribution in [2.24, 2.45) is 0 Å². The van der Waals surface area contributed by atoms with Gasteiger partial charge in [0.1, 0.15) is 11.2 Å². The van der Waals surface area contributed by atoms with Gasteiger partial charge < -0.3 is 4.42 Å². The predicted molar refractivity (Wildman–Crippen MR) is 183 cm³/mol. The van der Waals surface area contributed by atoms with Crippen LogP contribution in [0.4, 0.5) is 0 Å². The number of furan rings is 1. The summed E-state index contributed by atoms with van der Waals surface area (Å²) < 4.78 is 69.3. The Morgan fingerprint density at radius 1 is 0.372 bits per heavy atom. The average Bonchev–Trinajstić information content (AvgIpc) is 3.52. The van der Waals surface area contributed by atoms with Crippen molar-refractivity contribution in [3.8, 4) is 33.4 Å². The topological polar surface area (TPSA) is 13.1 Å². The molecule has 0 bridgehead atoms. The first-order valence-electron chi connectivity index (χ1n) is 17.7. The van der Waals surface area contributed by atoms with Crippen molar-refractivity contribution in [2.45, 2.75) is 0 Å². The molecule has 0 fully saturated rings. The molecule has 1 aromatic heterocycles. The Morgan fingerprint density at radius 2 is 0.977 bits per heavy atom. The Kier molecular flexibility index (Phi) is 3.95. The van der Waals surface area contributed by atoms with Crippen molar-refractivity contribution in [3.63, 3.8) is 0 Å². The molecule has 1 heteroatoms. The van der Waals surface area contributed by atoms with Gasteiger partial charge in [-0.25, -0.2) is 0 Å². The lowest BCUT2D eigenvalue weighted by Gasteiger charge is -2.19. The molecule has 1 nitrogen and oxygen atoms in total. The Morgan fingerprint density at radius 3 is 1.79 bits per heavy atom. The Bertz CT molecular complexity index is 2890. The number of para-hydroxylation sites is 1. The van der Waals surface area contributed by atoms with Crippen molar-refractivity contribution in [3.05, 3.63) is 158 Å². The van der Waals surface area contributed by atoms with E-state index in [2.05, 4.69) is 0 Å². The Balaban J connectivity index is 1.51. The van der Waals surface area contributed by atoms with Crippen molar-refractivity contribution < 1.29 is 14.0 Å². The first-order chi connectivity index (χ1) is 24.2. The molecule has 0 aliphatic heterocycles. The largest absolute Gasteiger partial charge is 0.456 e. The maximum absolute atomic E-state index is 9.36. The molecule has 9 aromatic rings. The highest BCUT2D eigenvalue weighted by Crippen LogP contribution is 2.47. The fourth-order valence-electron chi connectivity index (χ4n) is 6.52. The van der Waals surface area contributed by atoms with Crippen LogP contribution in [0.15, 0.2) is 162 Å². The van der Waals surface area contributed by atoms with Gasteiger partial charge in [0.05, 0.1) is 9.60 Å². The van der Waals surface area contributed by atoms with Crippen molar-refractivity contribution in [1.82, 2.24) is 0 Å². The third kappa shape index (κ3) is 3.65. The van der Waals surface area contributed by atoms with Crippen LogP contribution in [-0.2, 0) is 0 Å². The number of hydrogen-bond donors (Lipinski definition) is 0. The quantitative estimate of drug-likeness (QED) is 0.198. The second-order valence-corrected chi connectivity index (χ2v) is 10.7. The van der Waals surface area contributed by atoms with Crippen LogP contribution in [0.2, 0.25) is 0 Å². The highest BCUT2D eigenvalue weighted by molar-refractivity contribution is 6.24. The molecule has 0 saturated heterocycles. The van der Waals surface area contributed by atoms with Gasteiger partial charge in [-0.1, -0.05) is 139 Å². The molecule has 0 N–H and O–H groups in total. The second-order valence-electron chi connectivity index (χ2n) is 10.7. The van der Waals surface area contributed by atoms with E-state index in [4.69, 9.17) is 9.90 Å². The summed E-state index contributed by atoms with van der Waals surface area (Å²) in [6, 6.07) is 35.0. The number of rotatable bonds is 3. The van der Waals surface area contributed by atoms with Gasteiger partial charge in [0.25, 0.3) is 0 Å². The lowest BCUT2D eigenvalue weighted by Crippen LogP contribution is -1.92. The van der Waals surface area contributed by atoms with Gasteiger partial charge in [-0.05, 0) is 83.9 Å². The highest BCUT2D eigenvalue weighted by Gasteiger charge is 2.19. The van der Waals surface area contributed by atoms with E-state index >= 15 is 0 Å². The molecular formula is C42H26O. The zero-order valence-corrected chi connectivity index (χ0v) is 22.9. The summed E-state index contributed by atoms with van der Waals surface area (Å²) in [6.45, 7) is 0. The van der Waals surface area contributed by atoms with Gasteiger partial charge in [0.2, 0.25) is 0 Å². The van der Waals surface area contributed by atoms with Gasteiger partial charge in [0.15, 0.2) is 0 Å². The first-order valence-corrected chi connectivity index (χ1v) is 14.2. The van der Waals surface area contributed by atoms with Gasteiger partial charge in [-0.15, -0.1) is 0 Å². The highest BCUT2D eigenvalue weighted by atomic mass is 16.3. The third-order valence-electron chi connectivity index (χ3n) is 8.40. The maximum Gasteiger partial charge on any atom is 0.135 e. The maximum atomic E-state index is 9.36. The lowest BCUT2D eigenvalue weighted by molar-refractivity contribution is 0.669. The molecule has 0 aliphatic carbocycles. The Labute approximate surface area is 259 Å². The third-order valence-corrected chi connectivity index (χ3v) is 8.40. The van der Waals surface area contributed by atoms with Crippen molar-refractivity contribution >= 4 is 54.3 Å². The summed E-state index contributed by atoms with van der Waals surface area (Å²) in [5, 5.41) is 4.89. The van der Waals surface area contributed by atoms with Crippen LogP contribution < -0.4 is 0 Å². The van der Waals surface area contributed by atoms with Gasteiger partial charge in [-0.3, -0.25) is 0 Å². The smallest absolute Gasteiger partial charge is 0.135 e. The summed E-state index contributed by atoms with van der Waals surface area (Å²) in [6.07, 6.45) is 0. The molecule has 0 radical (unpaired) electrons. The van der Waals surface area contributed by atoms with Crippen LogP contribution in [0.3, 0.4) is 0 Å². The van der Waals surface area contributed by atoms with E-state index in [9.17, 15) is 4.11 Å². The fraction of sp³-hybridized carbons (Fsp3) is 0. The van der Waals surface area contributed by atoms with Gasteiger partial charge >= 0.3 is 0 Å². The minimum Gasteiger partial charge on any atom is -0.456 e. The monoisotopic (exact) mass is 553 g/mol. The molecule has 0 unspecified atom stereocenters. The van der Waals surface area contributed by atoms with Crippen LogP contribution in [0.1, 0.15) is 9.60 Å². The van der Waals surface area contributed by atoms with Crippen molar-refractivity contribution in [1.29, 1.82) is 0 Å².